The molecule has 1 atom stereocenters. The average molecular weight is 184 g/mol. The summed E-state index contributed by atoms with van der Waals surface area (Å²) in [6.45, 7) is 6.92. The zero-order chi connectivity index (χ0) is 9.68. The lowest BCUT2D eigenvalue weighted by Gasteiger charge is -2.22. The van der Waals surface area contributed by atoms with Crippen molar-refractivity contribution in [1.82, 2.24) is 10.2 Å². The Kier molecular flexibility index (Phi) is 4.74. The lowest BCUT2D eigenvalue weighted by molar-refractivity contribution is 0.254. The van der Waals surface area contributed by atoms with Crippen LogP contribution in [0.25, 0.3) is 0 Å². The minimum absolute atomic E-state index is 0.742. The van der Waals surface area contributed by atoms with Crippen molar-refractivity contribution in [3.05, 3.63) is 0 Å². The molecule has 1 aliphatic rings. The van der Waals surface area contributed by atoms with E-state index in [1.165, 1.54) is 32.2 Å². The molecule has 0 amide bonds. The maximum absolute atomic E-state index is 3.55. The summed E-state index contributed by atoms with van der Waals surface area (Å²) in [7, 11) is 2.21. The van der Waals surface area contributed by atoms with Crippen molar-refractivity contribution in [1.29, 1.82) is 0 Å². The molecule has 13 heavy (non-hydrogen) atoms. The Morgan fingerprint density at radius 1 is 1.46 bits per heavy atom. The minimum atomic E-state index is 0.742. The van der Waals surface area contributed by atoms with Gasteiger partial charge in [-0.1, -0.05) is 6.92 Å². The van der Waals surface area contributed by atoms with Gasteiger partial charge in [-0.3, -0.25) is 0 Å². The molecule has 1 fully saturated rings. The van der Waals surface area contributed by atoms with Crippen molar-refractivity contribution in [2.24, 2.45) is 0 Å². The first-order chi connectivity index (χ1) is 6.24. The van der Waals surface area contributed by atoms with Gasteiger partial charge in [-0.15, -0.1) is 0 Å². The van der Waals surface area contributed by atoms with Gasteiger partial charge < -0.3 is 10.2 Å². The predicted molar refractivity (Wildman–Crippen MR) is 58.0 cm³/mol. The summed E-state index contributed by atoms with van der Waals surface area (Å²) < 4.78 is 0. The minimum Gasteiger partial charge on any atom is -0.314 e. The third kappa shape index (κ3) is 4.63. The predicted octanol–water partition coefficient (Wildman–Crippen LogP) is 1.86. The number of nitrogens with zero attached hydrogens (tertiary/aromatic N) is 1. The average Bonchev–Trinajstić information content (AvgIpc) is 2.94. The van der Waals surface area contributed by atoms with Gasteiger partial charge in [0.1, 0.15) is 0 Å². The van der Waals surface area contributed by atoms with Crippen molar-refractivity contribution in [2.45, 2.75) is 51.6 Å². The second-order valence-corrected chi connectivity index (χ2v) is 4.29. The van der Waals surface area contributed by atoms with Crippen LogP contribution in [0.4, 0.5) is 0 Å². The van der Waals surface area contributed by atoms with Gasteiger partial charge in [0.15, 0.2) is 0 Å². The van der Waals surface area contributed by atoms with Crippen LogP contribution in [0.3, 0.4) is 0 Å². The molecule has 0 aromatic heterocycles. The van der Waals surface area contributed by atoms with Crippen molar-refractivity contribution >= 4 is 0 Å². The summed E-state index contributed by atoms with van der Waals surface area (Å²) in [5.74, 6) is 0. The Labute approximate surface area is 82.7 Å². The Balaban J connectivity index is 1.90. The highest BCUT2D eigenvalue weighted by Crippen LogP contribution is 2.18. The molecule has 0 saturated heterocycles. The molecule has 1 rings (SSSR count). The Morgan fingerprint density at radius 3 is 2.69 bits per heavy atom. The molecule has 2 heteroatoms. The van der Waals surface area contributed by atoms with Crippen LogP contribution in [0.2, 0.25) is 0 Å². The third-order valence-electron chi connectivity index (χ3n) is 3.06. The second-order valence-electron chi connectivity index (χ2n) is 4.29. The smallest absolute Gasteiger partial charge is 0.00682 e. The molecule has 0 heterocycles. The normalized spacial score (nSPS) is 19.4. The zero-order valence-corrected chi connectivity index (χ0v) is 9.34. The van der Waals surface area contributed by atoms with Crippen LogP contribution < -0.4 is 5.32 Å². The molecule has 0 bridgehead atoms. The molecular formula is C11H24N2. The van der Waals surface area contributed by atoms with Gasteiger partial charge in [0.2, 0.25) is 0 Å². The highest BCUT2D eigenvalue weighted by Gasteiger charge is 2.19. The van der Waals surface area contributed by atoms with Gasteiger partial charge in [-0.2, -0.15) is 0 Å². The second kappa shape index (κ2) is 5.61. The van der Waals surface area contributed by atoms with E-state index < -0.39 is 0 Å². The first kappa shape index (κ1) is 11.0. The van der Waals surface area contributed by atoms with Crippen LogP contribution in [-0.4, -0.2) is 37.1 Å². The molecule has 0 radical (unpaired) electrons. The zero-order valence-electron chi connectivity index (χ0n) is 9.34. The van der Waals surface area contributed by atoms with E-state index in [1.54, 1.807) is 0 Å². The van der Waals surface area contributed by atoms with E-state index in [0.717, 1.165) is 18.6 Å². The molecule has 78 valence electrons. The van der Waals surface area contributed by atoms with Gasteiger partial charge in [0.05, 0.1) is 0 Å². The van der Waals surface area contributed by atoms with E-state index in [2.05, 4.69) is 31.1 Å². The molecule has 0 aromatic carbocycles. The lowest BCUT2D eigenvalue weighted by Crippen LogP contribution is -2.29. The van der Waals surface area contributed by atoms with Crippen molar-refractivity contribution in [2.75, 3.05) is 20.1 Å². The van der Waals surface area contributed by atoms with Gasteiger partial charge in [-0.25, -0.2) is 0 Å². The van der Waals surface area contributed by atoms with Crippen LogP contribution in [0, 0.1) is 0 Å². The summed E-state index contributed by atoms with van der Waals surface area (Å²) >= 11 is 0. The SMILES string of the molecule is CCN(C)C(C)CCCNC1CC1. The maximum Gasteiger partial charge on any atom is 0.00682 e. The fourth-order valence-electron chi connectivity index (χ4n) is 1.52. The van der Waals surface area contributed by atoms with E-state index in [1.807, 2.05) is 0 Å². The topological polar surface area (TPSA) is 15.3 Å². The van der Waals surface area contributed by atoms with Crippen LogP contribution >= 0.6 is 0 Å². The van der Waals surface area contributed by atoms with Crippen LogP contribution in [0.1, 0.15) is 39.5 Å². The third-order valence-corrected chi connectivity index (χ3v) is 3.06. The summed E-state index contributed by atoms with van der Waals surface area (Å²) in [6, 6.07) is 1.62. The molecule has 1 unspecified atom stereocenters. The van der Waals surface area contributed by atoms with E-state index in [-0.39, 0.29) is 0 Å². The fourth-order valence-corrected chi connectivity index (χ4v) is 1.52. The first-order valence-electron chi connectivity index (χ1n) is 5.67. The number of rotatable bonds is 7. The Hall–Kier alpha value is -0.0800. The quantitative estimate of drug-likeness (QED) is 0.608. The Morgan fingerprint density at radius 2 is 2.15 bits per heavy atom. The molecule has 0 spiro atoms. The largest absolute Gasteiger partial charge is 0.314 e. The molecule has 0 aliphatic heterocycles. The summed E-state index contributed by atoms with van der Waals surface area (Å²) in [4.78, 5) is 2.41. The van der Waals surface area contributed by atoms with E-state index in [0.29, 0.717) is 0 Å². The highest BCUT2D eigenvalue weighted by molar-refractivity contribution is 4.80. The molecule has 1 aliphatic carbocycles. The molecule has 0 aromatic rings. The summed E-state index contributed by atoms with van der Waals surface area (Å²) in [5, 5.41) is 3.55. The van der Waals surface area contributed by atoms with Gasteiger partial charge >= 0.3 is 0 Å². The summed E-state index contributed by atoms with van der Waals surface area (Å²) in [6.07, 6.45) is 5.46. The van der Waals surface area contributed by atoms with Crippen molar-refractivity contribution in [3.8, 4) is 0 Å². The van der Waals surface area contributed by atoms with Crippen LogP contribution in [0.5, 0.6) is 0 Å². The standard InChI is InChI=1S/C11H24N2/c1-4-13(3)10(2)6-5-9-12-11-7-8-11/h10-12H,4-9H2,1-3H3. The number of hydrogen-bond donors (Lipinski definition) is 1. The van der Waals surface area contributed by atoms with Gasteiger partial charge in [0, 0.05) is 12.1 Å². The highest BCUT2D eigenvalue weighted by atomic mass is 15.1. The molecule has 1 N–H and O–H groups in total. The maximum atomic E-state index is 3.55. The number of hydrogen-bond acceptors (Lipinski definition) is 2. The molecule has 1 saturated carbocycles. The lowest BCUT2D eigenvalue weighted by atomic mass is 10.1. The van der Waals surface area contributed by atoms with Crippen LogP contribution in [0.15, 0.2) is 0 Å². The number of nitrogens with one attached hydrogen (secondary N) is 1. The summed E-state index contributed by atoms with van der Waals surface area (Å²) in [5.41, 5.74) is 0. The molecule has 2 nitrogen and oxygen atoms in total. The van der Waals surface area contributed by atoms with Crippen LogP contribution in [-0.2, 0) is 0 Å². The first-order valence-corrected chi connectivity index (χ1v) is 5.67. The monoisotopic (exact) mass is 184 g/mol. The van der Waals surface area contributed by atoms with Crippen molar-refractivity contribution in [3.63, 3.8) is 0 Å². The van der Waals surface area contributed by atoms with Crippen molar-refractivity contribution < 1.29 is 0 Å². The fraction of sp³-hybridized carbons (Fsp3) is 1.00. The van der Waals surface area contributed by atoms with E-state index >= 15 is 0 Å². The van der Waals surface area contributed by atoms with Gasteiger partial charge in [0.25, 0.3) is 0 Å². The van der Waals surface area contributed by atoms with Gasteiger partial charge in [-0.05, 0) is 52.7 Å². The van der Waals surface area contributed by atoms with E-state index in [4.69, 9.17) is 0 Å². The molecular weight excluding hydrogens is 160 g/mol. The van der Waals surface area contributed by atoms with E-state index in [9.17, 15) is 0 Å². The Bertz CT molecular complexity index is 132.